The number of rotatable bonds is 4. The number of carbonyl (C=O) groups is 1. The minimum Gasteiger partial charge on any atom is -0.334 e. The van der Waals surface area contributed by atoms with Gasteiger partial charge in [-0.3, -0.25) is 0 Å². The molecule has 25 heavy (non-hydrogen) atoms. The summed E-state index contributed by atoms with van der Waals surface area (Å²) in [6.45, 7) is 1.97. The second kappa shape index (κ2) is 7.55. The van der Waals surface area contributed by atoms with E-state index in [0.717, 1.165) is 12.1 Å². The van der Waals surface area contributed by atoms with Crippen LogP contribution in [-0.4, -0.2) is 18.0 Å². The molecule has 0 unspecified atom stereocenters. The summed E-state index contributed by atoms with van der Waals surface area (Å²) in [6.07, 6.45) is -4.38. The monoisotopic (exact) mass is 354 g/mol. The van der Waals surface area contributed by atoms with Crippen LogP contribution in [-0.2, 0) is 19.3 Å². The molecule has 0 aliphatic rings. The predicted molar refractivity (Wildman–Crippen MR) is 86.3 cm³/mol. The molecule has 0 saturated heterocycles. The SMILES string of the molecule is Cc1ccc(CNC(=O)N(C)Cc2ccc(C(F)(F)F)cc2)cc1F. The molecule has 2 aromatic carbocycles. The number of nitrogens with zero attached hydrogens (tertiary/aromatic N) is 1. The zero-order valence-corrected chi connectivity index (χ0v) is 13.8. The molecule has 0 spiro atoms. The maximum atomic E-state index is 13.5. The Balaban J connectivity index is 1.90. The average Bonchev–Trinajstić information content (AvgIpc) is 2.55. The summed E-state index contributed by atoms with van der Waals surface area (Å²) in [7, 11) is 1.53. The Kier molecular flexibility index (Phi) is 5.66. The molecule has 0 radical (unpaired) electrons. The van der Waals surface area contributed by atoms with Gasteiger partial charge < -0.3 is 10.2 Å². The molecular weight excluding hydrogens is 336 g/mol. The quantitative estimate of drug-likeness (QED) is 0.806. The summed E-state index contributed by atoms with van der Waals surface area (Å²) >= 11 is 0. The fourth-order valence-electron chi connectivity index (χ4n) is 2.20. The first kappa shape index (κ1) is 18.8. The van der Waals surface area contributed by atoms with Gasteiger partial charge in [0.05, 0.1) is 5.56 Å². The number of hydrogen-bond donors (Lipinski definition) is 1. The van der Waals surface area contributed by atoms with Crippen molar-refractivity contribution in [3.05, 3.63) is 70.5 Å². The number of aryl methyl sites for hydroxylation is 1. The van der Waals surface area contributed by atoms with Crippen molar-refractivity contribution in [2.75, 3.05) is 7.05 Å². The van der Waals surface area contributed by atoms with E-state index in [0.29, 0.717) is 16.7 Å². The Bertz CT molecular complexity index is 742. The Morgan fingerprint density at radius 2 is 1.68 bits per heavy atom. The number of carbonyl (C=O) groups excluding carboxylic acids is 1. The van der Waals surface area contributed by atoms with Crippen LogP contribution >= 0.6 is 0 Å². The van der Waals surface area contributed by atoms with Crippen LogP contribution in [0, 0.1) is 12.7 Å². The third kappa shape index (κ3) is 5.20. The lowest BCUT2D eigenvalue weighted by molar-refractivity contribution is -0.137. The van der Waals surface area contributed by atoms with Gasteiger partial charge in [0, 0.05) is 20.1 Å². The third-order valence-corrected chi connectivity index (χ3v) is 3.73. The van der Waals surface area contributed by atoms with Crippen LogP contribution in [0.1, 0.15) is 22.3 Å². The molecule has 1 N–H and O–H groups in total. The molecule has 134 valence electrons. The molecule has 7 heteroatoms. The fraction of sp³-hybridized carbons (Fsp3) is 0.278. The van der Waals surface area contributed by atoms with Gasteiger partial charge in [0.15, 0.2) is 0 Å². The van der Waals surface area contributed by atoms with E-state index in [4.69, 9.17) is 0 Å². The van der Waals surface area contributed by atoms with Crippen LogP contribution in [0.25, 0.3) is 0 Å². The number of hydrogen-bond acceptors (Lipinski definition) is 1. The van der Waals surface area contributed by atoms with Crippen LogP contribution in [0.4, 0.5) is 22.4 Å². The third-order valence-electron chi connectivity index (χ3n) is 3.73. The van der Waals surface area contributed by atoms with Crippen molar-refractivity contribution in [1.29, 1.82) is 0 Å². The molecule has 2 aromatic rings. The Morgan fingerprint density at radius 1 is 1.08 bits per heavy atom. The van der Waals surface area contributed by atoms with E-state index >= 15 is 0 Å². The molecular formula is C18H18F4N2O. The van der Waals surface area contributed by atoms with Crippen LogP contribution in [0.3, 0.4) is 0 Å². The summed E-state index contributed by atoms with van der Waals surface area (Å²) in [5.41, 5.74) is 0.991. The average molecular weight is 354 g/mol. The Labute approximate surface area is 143 Å². The molecule has 0 fully saturated rings. The van der Waals surface area contributed by atoms with E-state index in [2.05, 4.69) is 5.32 Å². The fourth-order valence-corrected chi connectivity index (χ4v) is 2.20. The number of urea groups is 1. The van der Waals surface area contributed by atoms with Gasteiger partial charge in [-0.15, -0.1) is 0 Å². The number of halogens is 4. The topological polar surface area (TPSA) is 32.3 Å². The van der Waals surface area contributed by atoms with Gasteiger partial charge in [0.25, 0.3) is 0 Å². The van der Waals surface area contributed by atoms with E-state index in [-0.39, 0.29) is 18.9 Å². The summed E-state index contributed by atoms with van der Waals surface area (Å²) < 4.78 is 51.0. The van der Waals surface area contributed by atoms with Crippen molar-refractivity contribution < 1.29 is 22.4 Å². The lowest BCUT2D eigenvalue weighted by Crippen LogP contribution is -2.36. The zero-order valence-electron chi connectivity index (χ0n) is 13.8. The largest absolute Gasteiger partial charge is 0.416 e. The molecule has 0 aromatic heterocycles. The van der Waals surface area contributed by atoms with Crippen molar-refractivity contribution >= 4 is 6.03 Å². The van der Waals surface area contributed by atoms with E-state index in [9.17, 15) is 22.4 Å². The van der Waals surface area contributed by atoms with E-state index in [1.54, 1.807) is 19.1 Å². The molecule has 0 heterocycles. The highest BCUT2D eigenvalue weighted by atomic mass is 19.4. The molecule has 2 rings (SSSR count). The predicted octanol–water partition coefficient (Wildman–Crippen LogP) is 4.49. The smallest absolute Gasteiger partial charge is 0.334 e. The molecule has 3 nitrogen and oxygen atoms in total. The summed E-state index contributed by atoms with van der Waals surface area (Å²) in [4.78, 5) is 13.4. The normalized spacial score (nSPS) is 11.3. The maximum Gasteiger partial charge on any atom is 0.416 e. The van der Waals surface area contributed by atoms with E-state index in [1.807, 2.05) is 0 Å². The lowest BCUT2D eigenvalue weighted by Gasteiger charge is -2.18. The van der Waals surface area contributed by atoms with Gasteiger partial charge in [-0.25, -0.2) is 9.18 Å². The highest BCUT2D eigenvalue weighted by Gasteiger charge is 2.29. The number of nitrogens with one attached hydrogen (secondary N) is 1. The van der Waals surface area contributed by atoms with Crippen molar-refractivity contribution in [2.24, 2.45) is 0 Å². The maximum absolute atomic E-state index is 13.5. The second-order valence-corrected chi connectivity index (χ2v) is 5.79. The molecule has 0 saturated carbocycles. The Morgan fingerprint density at radius 3 is 2.24 bits per heavy atom. The molecule has 2 amide bonds. The van der Waals surface area contributed by atoms with Crippen molar-refractivity contribution in [1.82, 2.24) is 10.2 Å². The molecule has 0 bridgehead atoms. The first-order valence-corrected chi connectivity index (χ1v) is 7.57. The van der Waals surface area contributed by atoms with Gasteiger partial charge in [0.2, 0.25) is 0 Å². The van der Waals surface area contributed by atoms with Gasteiger partial charge >= 0.3 is 12.2 Å². The first-order chi connectivity index (χ1) is 11.7. The molecule has 0 aliphatic heterocycles. The number of alkyl halides is 3. The van der Waals surface area contributed by atoms with Crippen molar-refractivity contribution in [2.45, 2.75) is 26.2 Å². The second-order valence-electron chi connectivity index (χ2n) is 5.79. The summed E-state index contributed by atoms with van der Waals surface area (Å²) in [5, 5.41) is 2.64. The standard InChI is InChI=1S/C18H18F4N2O/c1-12-3-4-14(9-16(12)19)10-23-17(25)24(2)11-13-5-7-15(8-6-13)18(20,21)22/h3-9H,10-11H2,1-2H3,(H,23,25). The lowest BCUT2D eigenvalue weighted by atomic mass is 10.1. The summed E-state index contributed by atoms with van der Waals surface area (Å²) in [6, 6.07) is 8.93. The minimum atomic E-state index is -4.38. The van der Waals surface area contributed by atoms with Crippen molar-refractivity contribution in [3.8, 4) is 0 Å². The van der Waals surface area contributed by atoms with E-state index < -0.39 is 17.8 Å². The van der Waals surface area contributed by atoms with Crippen molar-refractivity contribution in [3.63, 3.8) is 0 Å². The highest BCUT2D eigenvalue weighted by molar-refractivity contribution is 5.73. The first-order valence-electron chi connectivity index (χ1n) is 7.57. The van der Waals surface area contributed by atoms with Gasteiger partial charge in [-0.05, 0) is 41.8 Å². The zero-order chi connectivity index (χ0) is 18.6. The van der Waals surface area contributed by atoms with Gasteiger partial charge in [0.1, 0.15) is 5.82 Å². The van der Waals surface area contributed by atoms with E-state index in [1.165, 1.54) is 30.1 Å². The minimum absolute atomic E-state index is 0.159. The summed E-state index contributed by atoms with van der Waals surface area (Å²) in [5.74, 6) is -0.343. The molecule has 0 atom stereocenters. The van der Waals surface area contributed by atoms with Crippen LogP contribution in [0.2, 0.25) is 0 Å². The molecule has 0 aliphatic carbocycles. The van der Waals surface area contributed by atoms with Crippen LogP contribution < -0.4 is 5.32 Å². The van der Waals surface area contributed by atoms with Crippen LogP contribution in [0.5, 0.6) is 0 Å². The van der Waals surface area contributed by atoms with Gasteiger partial charge in [-0.1, -0.05) is 24.3 Å². The highest BCUT2D eigenvalue weighted by Crippen LogP contribution is 2.29. The van der Waals surface area contributed by atoms with Crippen LogP contribution in [0.15, 0.2) is 42.5 Å². The Hall–Kier alpha value is -2.57. The number of benzene rings is 2. The van der Waals surface area contributed by atoms with Gasteiger partial charge in [-0.2, -0.15) is 13.2 Å². The number of amides is 2.